The van der Waals surface area contributed by atoms with Crippen molar-refractivity contribution < 1.29 is 14.5 Å². The standard InChI is InChI=1S/C21H18N8O5/c1-12(2)28-21(32)15-6-4-3-5-14(15)18(26-28)20(31)25-24-19(30)13-7-8-16(17(9-13)29(33)34)27-11-22-10-23-27/h3-12H,1-2H3,(H,24,30)(H,25,31). The monoisotopic (exact) mass is 462 g/mol. The van der Waals surface area contributed by atoms with Gasteiger partial charge in [-0.3, -0.25) is 35.3 Å². The zero-order valence-corrected chi connectivity index (χ0v) is 18.0. The molecule has 13 heteroatoms. The fourth-order valence-electron chi connectivity index (χ4n) is 3.31. The van der Waals surface area contributed by atoms with Crippen LogP contribution < -0.4 is 16.4 Å². The Balaban J connectivity index is 1.60. The molecule has 2 heterocycles. The minimum atomic E-state index is -0.789. The maximum absolute atomic E-state index is 12.8. The van der Waals surface area contributed by atoms with Gasteiger partial charge in [0.2, 0.25) is 0 Å². The van der Waals surface area contributed by atoms with Crippen LogP contribution in [0, 0.1) is 10.1 Å². The van der Waals surface area contributed by atoms with Crippen LogP contribution in [-0.2, 0) is 0 Å². The Morgan fingerprint density at radius 3 is 2.41 bits per heavy atom. The van der Waals surface area contributed by atoms with Gasteiger partial charge in [0.15, 0.2) is 5.69 Å². The second kappa shape index (κ2) is 8.90. The number of hydrogen-bond acceptors (Lipinski definition) is 8. The molecular weight excluding hydrogens is 444 g/mol. The first kappa shape index (κ1) is 22.3. The molecule has 172 valence electrons. The number of amides is 2. The number of carbonyl (C=O) groups excluding carboxylic acids is 2. The van der Waals surface area contributed by atoms with E-state index in [1.807, 2.05) is 0 Å². The fraction of sp³-hybridized carbons (Fsp3) is 0.143. The quantitative estimate of drug-likeness (QED) is 0.333. The largest absolute Gasteiger partial charge is 0.295 e. The maximum atomic E-state index is 12.8. The van der Waals surface area contributed by atoms with Crippen LogP contribution in [0.15, 0.2) is 59.9 Å². The SMILES string of the molecule is CC(C)n1nc(C(=O)NNC(=O)c2ccc(-n3cncn3)c([N+](=O)[O-])c2)c2ccccc2c1=O. The van der Waals surface area contributed by atoms with Crippen molar-refractivity contribution in [3.63, 3.8) is 0 Å². The molecule has 0 radical (unpaired) electrons. The average molecular weight is 462 g/mol. The van der Waals surface area contributed by atoms with E-state index in [2.05, 4.69) is 26.0 Å². The summed E-state index contributed by atoms with van der Waals surface area (Å²) in [5, 5.41) is 20.1. The van der Waals surface area contributed by atoms with E-state index in [9.17, 15) is 24.5 Å². The first-order valence-corrected chi connectivity index (χ1v) is 10.0. The summed E-state index contributed by atoms with van der Waals surface area (Å²) < 4.78 is 2.38. The highest BCUT2D eigenvalue weighted by Crippen LogP contribution is 2.23. The third-order valence-corrected chi connectivity index (χ3v) is 4.92. The van der Waals surface area contributed by atoms with Crippen LogP contribution in [0.5, 0.6) is 0 Å². The van der Waals surface area contributed by atoms with Crippen molar-refractivity contribution >= 4 is 28.3 Å². The Morgan fingerprint density at radius 1 is 1.06 bits per heavy atom. The molecule has 0 spiro atoms. The summed E-state index contributed by atoms with van der Waals surface area (Å²) in [5.41, 5.74) is 3.75. The van der Waals surface area contributed by atoms with E-state index in [-0.39, 0.29) is 34.2 Å². The average Bonchev–Trinajstić information content (AvgIpc) is 3.37. The van der Waals surface area contributed by atoms with E-state index < -0.39 is 16.7 Å². The van der Waals surface area contributed by atoms with Gasteiger partial charge in [-0.15, -0.1) is 0 Å². The first-order valence-electron chi connectivity index (χ1n) is 10.0. The number of nitrogens with one attached hydrogen (secondary N) is 2. The lowest BCUT2D eigenvalue weighted by atomic mass is 10.1. The Morgan fingerprint density at radius 2 is 1.76 bits per heavy atom. The molecular formula is C21H18N8O5. The second-order valence-corrected chi connectivity index (χ2v) is 7.45. The Labute approximate surface area is 191 Å². The number of carbonyl (C=O) groups is 2. The van der Waals surface area contributed by atoms with Gasteiger partial charge in [-0.1, -0.05) is 18.2 Å². The van der Waals surface area contributed by atoms with Crippen molar-refractivity contribution in [3.05, 3.63) is 86.8 Å². The summed E-state index contributed by atoms with van der Waals surface area (Å²) >= 11 is 0. The molecule has 0 aliphatic rings. The van der Waals surface area contributed by atoms with Crippen molar-refractivity contribution in [2.75, 3.05) is 0 Å². The van der Waals surface area contributed by atoms with E-state index in [0.717, 1.165) is 6.07 Å². The Kier molecular flexibility index (Phi) is 5.82. The number of nitro groups is 1. The van der Waals surface area contributed by atoms with Crippen molar-refractivity contribution in [3.8, 4) is 5.69 Å². The topological polar surface area (TPSA) is 167 Å². The smallest absolute Gasteiger partial charge is 0.267 e. The van der Waals surface area contributed by atoms with Crippen molar-refractivity contribution in [1.29, 1.82) is 0 Å². The molecule has 2 amide bonds. The van der Waals surface area contributed by atoms with Gasteiger partial charge in [0, 0.05) is 17.0 Å². The molecule has 0 fully saturated rings. The van der Waals surface area contributed by atoms with Gasteiger partial charge < -0.3 is 0 Å². The molecule has 4 aromatic rings. The summed E-state index contributed by atoms with van der Waals surface area (Å²) in [7, 11) is 0. The number of hydrogen-bond donors (Lipinski definition) is 2. The number of hydrazine groups is 1. The van der Waals surface area contributed by atoms with Gasteiger partial charge >= 0.3 is 0 Å². The molecule has 0 bridgehead atoms. The molecule has 2 aromatic carbocycles. The van der Waals surface area contributed by atoms with Crippen LogP contribution in [0.3, 0.4) is 0 Å². The molecule has 4 rings (SSSR count). The van der Waals surface area contributed by atoms with E-state index in [0.29, 0.717) is 10.8 Å². The minimum absolute atomic E-state index is 0.0586. The number of nitrogens with zero attached hydrogens (tertiary/aromatic N) is 6. The lowest BCUT2D eigenvalue weighted by Gasteiger charge is -2.14. The maximum Gasteiger partial charge on any atom is 0.295 e. The molecule has 13 nitrogen and oxygen atoms in total. The molecule has 0 aliphatic carbocycles. The summed E-state index contributed by atoms with van der Waals surface area (Å²) in [5.74, 6) is -1.55. The van der Waals surface area contributed by atoms with Crippen LogP contribution in [0.4, 0.5) is 5.69 Å². The van der Waals surface area contributed by atoms with E-state index in [1.165, 1.54) is 34.2 Å². The normalized spacial score (nSPS) is 10.9. The van der Waals surface area contributed by atoms with Gasteiger partial charge in [0.1, 0.15) is 18.3 Å². The zero-order valence-electron chi connectivity index (χ0n) is 18.0. The molecule has 0 aliphatic heterocycles. The van der Waals surface area contributed by atoms with Crippen LogP contribution in [0.2, 0.25) is 0 Å². The fourth-order valence-corrected chi connectivity index (χ4v) is 3.31. The lowest BCUT2D eigenvalue weighted by Crippen LogP contribution is -2.43. The molecule has 34 heavy (non-hydrogen) atoms. The predicted molar refractivity (Wildman–Crippen MR) is 119 cm³/mol. The van der Waals surface area contributed by atoms with Crippen LogP contribution in [-0.4, -0.2) is 41.3 Å². The highest BCUT2D eigenvalue weighted by molar-refractivity contribution is 6.06. The number of fused-ring (bicyclic) bond motifs is 1. The summed E-state index contributed by atoms with van der Waals surface area (Å²) in [4.78, 5) is 52.6. The van der Waals surface area contributed by atoms with Gasteiger partial charge in [0.25, 0.3) is 23.1 Å². The molecule has 0 unspecified atom stereocenters. The molecule has 2 aromatic heterocycles. The summed E-state index contributed by atoms with van der Waals surface area (Å²) in [6.07, 6.45) is 2.51. The minimum Gasteiger partial charge on any atom is -0.267 e. The summed E-state index contributed by atoms with van der Waals surface area (Å²) in [6.45, 7) is 3.50. The molecule has 0 atom stereocenters. The van der Waals surface area contributed by atoms with Crippen LogP contribution in [0.1, 0.15) is 40.7 Å². The Bertz CT molecular complexity index is 1480. The second-order valence-electron chi connectivity index (χ2n) is 7.45. The van der Waals surface area contributed by atoms with E-state index in [1.54, 1.807) is 38.1 Å². The lowest BCUT2D eigenvalue weighted by molar-refractivity contribution is -0.384. The van der Waals surface area contributed by atoms with Gasteiger partial charge in [-0.25, -0.2) is 14.3 Å². The van der Waals surface area contributed by atoms with Gasteiger partial charge in [0.05, 0.1) is 16.4 Å². The van der Waals surface area contributed by atoms with Gasteiger partial charge in [-0.05, 0) is 32.0 Å². The zero-order chi connectivity index (χ0) is 24.4. The predicted octanol–water partition coefficient (Wildman–Crippen LogP) is 1.54. The number of nitro benzene ring substituents is 1. The number of benzene rings is 2. The van der Waals surface area contributed by atoms with Crippen molar-refractivity contribution in [1.82, 2.24) is 35.4 Å². The van der Waals surface area contributed by atoms with E-state index >= 15 is 0 Å². The number of rotatable bonds is 5. The van der Waals surface area contributed by atoms with Crippen LogP contribution in [0.25, 0.3) is 16.5 Å². The van der Waals surface area contributed by atoms with Crippen molar-refractivity contribution in [2.24, 2.45) is 0 Å². The highest BCUT2D eigenvalue weighted by Gasteiger charge is 2.21. The first-order chi connectivity index (χ1) is 16.3. The summed E-state index contributed by atoms with van der Waals surface area (Å²) in [6, 6.07) is 9.95. The highest BCUT2D eigenvalue weighted by atomic mass is 16.6. The molecule has 0 saturated heterocycles. The number of aromatic nitrogens is 5. The van der Waals surface area contributed by atoms with E-state index in [4.69, 9.17) is 0 Å². The van der Waals surface area contributed by atoms with Gasteiger partial charge in [-0.2, -0.15) is 10.2 Å². The Hall–Kier alpha value is -4.94. The van der Waals surface area contributed by atoms with Crippen LogP contribution >= 0.6 is 0 Å². The third kappa shape index (κ3) is 4.09. The van der Waals surface area contributed by atoms with Crippen molar-refractivity contribution in [2.45, 2.75) is 19.9 Å². The molecule has 2 N–H and O–H groups in total. The molecule has 0 saturated carbocycles. The third-order valence-electron chi connectivity index (χ3n) is 4.92.